The molecular weight excluding hydrogens is 253 g/mol. The highest BCUT2D eigenvalue weighted by Crippen LogP contribution is 2.30. The fraction of sp³-hybridized carbons (Fsp3) is 0.125. The van der Waals surface area contributed by atoms with Crippen molar-refractivity contribution in [2.24, 2.45) is 0 Å². The highest BCUT2D eigenvalue weighted by atomic mass is 19.2. The molecule has 0 radical (unpaired) electrons. The molecule has 3 nitrogen and oxygen atoms in total. The monoisotopic (exact) mass is 267 g/mol. The summed E-state index contributed by atoms with van der Waals surface area (Å²) in [5.74, 6) is 0.319. The quantitative estimate of drug-likeness (QED) is 0.703. The van der Waals surface area contributed by atoms with Crippen LogP contribution in [0.1, 0.15) is 11.1 Å². The SMILES string of the molecule is Cc1cc(C)c(-c2nccn2F)cc1-c1ccccn1. The van der Waals surface area contributed by atoms with Gasteiger partial charge in [0.2, 0.25) is 0 Å². The number of halogens is 1. The molecule has 2 aromatic heterocycles. The lowest BCUT2D eigenvalue weighted by Crippen LogP contribution is -1.95. The van der Waals surface area contributed by atoms with E-state index >= 15 is 0 Å². The Bertz CT molecular complexity index is 748. The molecular formula is C16H14FN3. The first kappa shape index (κ1) is 12.5. The van der Waals surface area contributed by atoms with Crippen molar-refractivity contribution in [3.8, 4) is 22.6 Å². The molecule has 0 saturated heterocycles. The van der Waals surface area contributed by atoms with Gasteiger partial charge >= 0.3 is 0 Å². The summed E-state index contributed by atoms with van der Waals surface area (Å²) in [7, 11) is 0. The van der Waals surface area contributed by atoms with E-state index in [1.54, 1.807) is 6.20 Å². The van der Waals surface area contributed by atoms with Crippen molar-refractivity contribution in [2.45, 2.75) is 13.8 Å². The van der Waals surface area contributed by atoms with E-state index in [0.717, 1.165) is 27.9 Å². The molecule has 0 aliphatic rings. The standard InChI is InChI=1S/C16H14FN3/c1-11-9-12(2)14(16-19-7-8-20(16)17)10-13(11)15-5-3-4-6-18-15/h3-10H,1-2H3. The van der Waals surface area contributed by atoms with Crippen molar-refractivity contribution < 1.29 is 4.48 Å². The van der Waals surface area contributed by atoms with E-state index in [9.17, 15) is 4.48 Å². The highest BCUT2D eigenvalue weighted by molar-refractivity contribution is 5.73. The molecule has 0 amide bonds. The van der Waals surface area contributed by atoms with E-state index in [1.807, 2.05) is 44.2 Å². The number of rotatable bonds is 2. The number of imidazole rings is 1. The van der Waals surface area contributed by atoms with Gasteiger partial charge in [-0.05, 0) is 43.2 Å². The minimum absolute atomic E-state index is 0.319. The molecule has 0 unspecified atom stereocenters. The van der Waals surface area contributed by atoms with Crippen LogP contribution in [0, 0.1) is 13.8 Å². The third kappa shape index (κ3) is 2.09. The Hall–Kier alpha value is -2.49. The summed E-state index contributed by atoms with van der Waals surface area (Å²) >= 11 is 0. The minimum Gasteiger partial charge on any atom is -0.256 e. The zero-order valence-electron chi connectivity index (χ0n) is 11.3. The number of benzene rings is 1. The molecule has 20 heavy (non-hydrogen) atoms. The van der Waals surface area contributed by atoms with E-state index in [4.69, 9.17) is 0 Å². The maximum Gasteiger partial charge on any atom is 0.170 e. The summed E-state index contributed by atoms with van der Waals surface area (Å²) in [5, 5.41) is 0. The van der Waals surface area contributed by atoms with Crippen LogP contribution in [-0.4, -0.2) is 14.8 Å². The largest absolute Gasteiger partial charge is 0.256 e. The molecule has 3 aromatic rings. The van der Waals surface area contributed by atoms with Crippen LogP contribution in [0.3, 0.4) is 0 Å². The van der Waals surface area contributed by atoms with Crippen LogP contribution in [-0.2, 0) is 0 Å². The number of nitrogens with zero attached hydrogens (tertiary/aromatic N) is 3. The minimum atomic E-state index is 0.319. The van der Waals surface area contributed by atoms with Crippen LogP contribution in [0.2, 0.25) is 0 Å². The van der Waals surface area contributed by atoms with Crippen molar-refractivity contribution in [1.82, 2.24) is 14.8 Å². The van der Waals surface area contributed by atoms with Gasteiger partial charge in [0.15, 0.2) is 5.82 Å². The maximum absolute atomic E-state index is 13.7. The lowest BCUT2D eigenvalue weighted by Gasteiger charge is -2.11. The first-order valence-electron chi connectivity index (χ1n) is 6.39. The molecule has 4 heteroatoms. The third-order valence-corrected chi connectivity index (χ3v) is 3.35. The van der Waals surface area contributed by atoms with Crippen LogP contribution in [0.5, 0.6) is 0 Å². The first-order valence-corrected chi connectivity index (χ1v) is 6.39. The number of pyridine rings is 1. The van der Waals surface area contributed by atoms with Crippen molar-refractivity contribution in [2.75, 3.05) is 0 Å². The molecule has 0 atom stereocenters. The van der Waals surface area contributed by atoms with Crippen LogP contribution >= 0.6 is 0 Å². The van der Waals surface area contributed by atoms with Gasteiger partial charge in [0, 0.05) is 23.5 Å². The van der Waals surface area contributed by atoms with E-state index < -0.39 is 0 Å². The Morgan fingerprint density at radius 3 is 2.40 bits per heavy atom. The summed E-state index contributed by atoms with van der Waals surface area (Å²) in [6.07, 6.45) is 4.51. The Labute approximate surface area is 116 Å². The van der Waals surface area contributed by atoms with E-state index in [1.165, 1.54) is 12.4 Å². The molecule has 100 valence electrons. The highest BCUT2D eigenvalue weighted by Gasteiger charge is 2.13. The predicted molar refractivity (Wildman–Crippen MR) is 76.9 cm³/mol. The fourth-order valence-corrected chi connectivity index (χ4v) is 2.36. The predicted octanol–water partition coefficient (Wildman–Crippen LogP) is 3.96. The summed E-state index contributed by atoms with van der Waals surface area (Å²) < 4.78 is 13.7. The normalized spacial score (nSPS) is 10.8. The molecule has 0 spiro atoms. The van der Waals surface area contributed by atoms with Gasteiger partial charge < -0.3 is 0 Å². The van der Waals surface area contributed by atoms with Crippen molar-refractivity contribution in [3.05, 3.63) is 60.0 Å². The maximum atomic E-state index is 13.7. The van der Waals surface area contributed by atoms with Gasteiger partial charge in [0.05, 0.1) is 11.9 Å². The van der Waals surface area contributed by atoms with Gasteiger partial charge in [-0.25, -0.2) is 4.98 Å². The second-order valence-corrected chi connectivity index (χ2v) is 4.76. The molecule has 0 fully saturated rings. The van der Waals surface area contributed by atoms with Gasteiger partial charge in [-0.15, -0.1) is 0 Å². The van der Waals surface area contributed by atoms with Crippen LogP contribution in [0.15, 0.2) is 48.9 Å². The van der Waals surface area contributed by atoms with Gasteiger partial charge in [-0.1, -0.05) is 16.6 Å². The summed E-state index contributed by atoms with van der Waals surface area (Å²) in [6.45, 7) is 3.99. The van der Waals surface area contributed by atoms with E-state index in [2.05, 4.69) is 9.97 Å². The molecule has 1 aromatic carbocycles. The van der Waals surface area contributed by atoms with Gasteiger partial charge in [-0.3, -0.25) is 4.98 Å². The first-order chi connectivity index (χ1) is 9.66. The topological polar surface area (TPSA) is 30.7 Å². The summed E-state index contributed by atoms with van der Waals surface area (Å²) in [6, 6.07) is 9.75. The fourth-order valence-electron chi connectivity index (χ4n) is 2.36. The number of hydrogen-bond acceptors (Lipinski definition) is 2. The van der Waals surface area contributed by atoms with Crippen molar-refractivity contribution in [1.29, 1.82) is 0 Å². The number of hydrogen-bond donors (Lipinski definition) is 0. The Morgan fingerprint density at radius 1 is 0.950 bits per heavy atom. The van der Waals surface area contributed by atoms with Gasteiger partial charge in [0.25, 0.3) is 0 Å². The number of aromatic nitrogens is 3. The third-order valence-electron chi connectivity index (χ3n) is 3.35. The lowest BCUT2D eigenvalue weighted by molar-refractivity contribution is 0.375. The molecule has 3 rings (SSSR count). The number of aryl methyl sites for hydroxylation is 2. The second kappa shape index (κ2) is 4.89. The average molecular weight is 267 g/mol. The Balaban J connectivity index is 2.21. The zero-order valence-corrected chi connectivity index (χ0v) is 11.3. The van der Waals surface area contributed by atoms with Crippen LogP contribution in [0.25, 0.3) is 22.6 Å². The van der Waals surface area contributed by atoms with E-state index in [0.29, 0.717) is 10.6 Å². The van der Waals surface area contributed by atoms with Gasteiger partial charge in [0.1, 0.15) is 0 Å². The van der Waals surface area contributed by atoms with Crippen molar-refractivity contribution >= 4 is 0 Å². The molecule has 0 aliphatic heterocycles. The van der Waals surface area contributed by atoms with Crippen molar-refractivity contribution in [3.63, 3.8) is 0 Å². The molecule has 0 bridgehead atoms. The Morgan fingerprint density at radius 2 is 1.75 bits per heavy atom. The summed E-state index contributed by atoms with van der Waals surface area (Å²) in [5.41, 5.74) is 4.76. The van der Waals surface area contributed by atoms with Gasteiger partial charge in [-0.2, -0.15) is 4.79 Å². The van der Waals surface area contributed by atoms with Crippen LogP contribution in [0.4, 0.5) is 4.48 Å². The van der Waals surface area contributed by atoms with E-state index in [-0.39, 0.29) is 0 Å². The molecule has 0 N–H and O–H groups in total. The second-order valence-electron chi connectivity index (χ2n) is 4.76. The molecule has 0 aliphatic carbocycles. The summed E-state index contributed by atoms with van der Waals surface area (Å²) in [4.78, 5) is 8.98. The zero-order chi connectivity index (χ0) is 14.1. The lowest BCUT2D eigenvalue weighted by atomic mass is 9.97. The molecule has 0 saturated carbocycles. The smallest absolute Gasteiger partial charge is 0.170 e. The molecule has 2 heterocycles. The average Bonchev–Trinajstić information content (AvgIpc) is 2.86. The Kier molecular flexibility index (Phi) is 3.06. The van der Waals surface area contributed by atoms with Crippen LogP contribution < -0.4 is 0 Å².